The van der Waals surface area contributed by atoms with Crippen LogP contribution in [0.2, 0.25) is 0 Å². The van der Waals surface area contributed by atoms with E-state index >= 15 is 0 Å². The number of benzene rings is 3. The molecule has 182 valence electrons. The second-order valence-corrected chi connectivity index (χ2v) is 6.98. The SMILES string of the molecule is ONCc1ccc(Oc2cccc(Oc3ccc(CNO)c(C(F)(F)F)c3)c2)cc1C(F)(F)F. The van der Waals surface area contributed by atoms with Gasteiger partial charge in [-0.25, -0.2) is 11.0 Å². The molecule has 0 aliphatic heterocycles. The topological polar surface area (TPSA) is 83.0 Å². The lowest BCUT2D eigenvalue weighted by atomic mass is 10.1. The van der Waals surface area contributed by atoms with Crippen molar-refractivity contribution in [3.05, 3.63) is 82.9 Å². The number of ether oxygens (including phenoxy) is 2. The Bertz CT molecular complexity index is 1050. The molecule has 4 N–H and O–H groups in total. The van der Waals surface area contributed by atoms with Crippen molar-refractivity contribution in [2.75, 3.05) is 0 Å². The predicted octanol–water partition coefficient (Wildman–Crippen LogP) is 6.27. The maximum Gasteiger partial charge on any atom is 0.416 e. The van der Waals surface area contributed by atoms with Crippen molar-refractivity contribution < 1.29 is 46.2 Å². The molecule has 0 amide bonds. The van der Waals surface area contributed by atoms with E-state index in [4.69, 9.17) is 19.9 Å². The maximum atomic E-state index is 13.3. The lowest BCUT2D eigenvalue weighted by Gasteiger charge is -2.16. The Kier molecular flexibility index (Phi) is 7.67. The van der Waals surface area contributed by atoms with Crippen molar-refractivity contribution in [2.45, 2.75) is 25.4 Å². The van der Waals surface area contributed by atoms with E-state index in [9.17, 15) is 26.3 Å². The quantitative estimate of drug-likeness (QED) is 0.221. The van der Waals surface area contributed by atoms with Gasteiger partial charge in [0, 0.05) is 19.2 Å². The van der Waals surface area contributed by atoms with Gasteiger partial charge < -0.3 is 19.9 Å². The number of hydroxylamine groups is 2. The normalized spacial score (nSPS) is 12.0. The highest BCUT2D eigenvalue weighted by atomic mass is 19.4. The van der Waals surface area contributed by atoms with E-state index in [1.54, 1.807) is 11.0 Å². The van der Waals surface area contributed by atoms with Gasteiger partial charge in [-0.15, -0.1) is 0 Å². The van der Waals surface area contributed by atoms with Crippen LogP contribution in [0.1, 0.15) is 22.3 Å². The molecule has 0 radical (unpaired) electrons. The van der Waals surface area contributed by atoms with Crippen molar-refractivity contribution in [1.29, 1.82) is 0 Å². The van der Waals surface area contributed by atoms with Crippen molar-refractivity contribution in [2.24, 2.45) is 0 Å². The van der Waals surface area contributed by atoms with Crippen LogP contribution >= 0.6 is 0 Å². The average Bonchev–Trinajstić information content (AvgIpc) is 2.75. The van der Waals surface area contributed by atoms with Gasteiger partial charge in [0.05, 0.1) is 11.1 Å². The molecule has 0 spiro atoms. The van der Waals surface area contributed by atoms with E-state index in [1.165, 1.54) is 36.4 Å². The summed E-state index contributed by atoms with van der Waals surface area (Å²) in [6.07, 6.45) is -9.38. The number of alkyl halides is 6. The van der Waals surface area contributed by atoms with Crippen molar-refractivity contribution in [1.82, 2.24) is 11.0 Å². The number of hydrogen-bond acceptors (Lipinski definition) is 6. The lowest BCUT2D eigenvalue weighted by Crippen LogP contribution is -2.14. The number of halogens is 6. The minimum absolute atomic E-state index is 0.0794. The number of hydrogen-bond donors (Lipinski definition) is 4. The lowest BCUT2D eigenvalue weighted by molar-refractivity contribution is -0.139. The van der Waals surface area contributed by atoms with Crippen LogP contribution in [0.15, 0.2) is 60.7 Å². The van der Waals surface area contributed by atoms with Gasteiger partial charge in [-0.05, 0) is 47.5 Å². The van der Waals surface area contributed by atoms with Gasteiger partial charge in [0.15, 0.2) is 0 Å². The maximum absolute atomic E-state index is 13.3. The third-order valence-electron chi connectivity index (χ3n) is 4.59. The van der Waals surface area contributed by atoms with Crippen LogP contribution in [-0.2, 0) is 25.4 Å². The van der Waals surface area contributed by atoms with Crippen molar-refractivity contribution in [3.8, 4) is 23.0 Å². The summed E-state index contributed by atoms with van der Waals surface area (Å²) in [7, 11) is 0. The predicted molar refractivity (Wildman–Crippen MR) is 107 cm³/mol. The second-order valence-electron chi connectivity index (χ2n) is 6.98. The first-order chi connectivity index (χ1) is 16.0. The molecule has 0 saturated carbocycles. The van der Waals surface area contributed by atoms with E-state index in [0.717, 1.165) is 24.3 Å². The Labute approximate surface area is 189 Å². The standard InChI is InChI=1S/C22H18F6N2O4/c23-21(24,25)19-9-17(6-4-13(19)11-29-31)33-15-2-1-3-16(8-15)34-18-7-5-14(12-30-32)20(10-18)22(26,27)28/h1-10,29-32H,11-12H2. The summed E-state index contributed by atoms with van der Waals surface area (Å²) in [6.45, 7) is -0.850. The molecule has 3 rings (SSSR count). The second kappa shape index (κ2) is 10.3. The molecule has 0 aliphatic carbocycles. The third-order valence-corrected chi connectivity index (χ3v) is 4.59. The van der Waals surface area contributed by atoms with Gasteiger partial charge in [-0.1, -0.05) is 18.2 Å². The monoisotopic (exact) mass is 488 g/mol. The highest BCUT2D eigenvalue weighted by molar-refractivity contribution is 5.44. The first kappa shape index (κ1) is 25.3. The van der Waals surface area contributed by atoms with Gasteiger partial charge in [0.2, 0.25) is 0 Å². The summed E-state index contributed by atoms with van der Waals surface area (Å²) in [4.78, 5) is 0. The summed E-state index contributed by atoms with van der Waals surface area (Å²) in [5.41, 5.74) is 0.956. The molecule has 6 nitrogen and oxygen atoms in total. The van der Waals surface area contributed by atoms with Crippen LogP contribution in [0.5, 0.6) is 23.0 Å². The molecule has 0 aromatic heterocycles. The van der Waals surface area contributed by atoms with Crippen molar-refractivity contribution >= 4 is 0 Å². The Morgan fingerprint density at radius 3 is 1.32 bits per heavy atom. The smallest absolute Gasteiger partial charge is 0.416 e. The highest BCUT2D eigenvalue weighted by Gasteiger charge is 2.34. The fourth-order valence-electron chi connectivity index (χ4n) is 3.12. The molecule has 0 heterocycles. The Balaban J connectivity index is 1.84. The first-order valence-corrected chi connectivity index (χ1v) is 9.61. The molecule has 0 bridgehead atoms. The van der Waals surface area contributed by atoms with E-state index in [1.807, 2.05) is 0 Å². The van der Waals surface area contributed by atoms with E-state index in [-0.39, 0.29) is 34.1 Å². The fraction of sp³-hybridized carbons (Fsp3) is 0.182. The molecule has 0 atom stereocenters. The zero-order valence-corrected chi connectivity index (χ0v) is 17.2. The summed E-state index contributed by atoms with van der Waals surface area (Å²) in [5.74, 6) is -0.135. The average molecular weight is 488 g/mol. The van der Waals surface area contributed by atoms with Crippen LogP contribution in [-0.4, -0.2) is 10.4 Å². The molecule has 3 aromatic carbocycles. The first-order valence-electron chi connectivity index (χ1n) is 9.61. The van der Waals surface area contributed by atoms with Crippen LogP contribution in [0.25, 0.3) is 0 Å². The summed E-state index contributed by atoms with van der Waals surface area (Å²) in [6, 6.07) is 12.0. The zero-order chi connectivity index (χ0) is 24.9. The van der Waals surface area contributed by atoms with Gasteiger partial charge in [0.25, 0.3) is 0 Å². The summed E-state index contributed by atoms with van der Waals surface area (Å²) >= 11 is 0. The van der Waals surface area contributed by atoms with Gasteiger partial charge in [0.1, 0.15) is 23.0 Å². The minimum Gasteiger partial charge on any atom is -0.457 e. The molecule has 0 aliphatic rings. The van der Waals surface area contributed by atoms with Gasteiger partial charge in [-0.2, -0.15) is 26.3 Å². The van der Waals surface area contributed by atoms with E-state index < -0.39 is 36.6 Å². The molecule has 0 fully saturated rings. The number of rotatable bonds is 8. The van der Waals surface area contributed by atoms with Crippen molar-refractivity contribution in [3.63, 3.8) is 0 Å². The zero-order valence-electron chi connectivity index (χ0n) is 17.2. The molecule has 0 saturated heterocycles. The number of nitrogens with one attached hydrogen (secondary N) is 2. The Morgan fingerprint density at radius 1 is 0.588 bits per heavy atom. The third kappa shape index (κ3) is 6.38. The van der Waals surface area contributed by atoms with E-state index in [2.05, 4.69) is 0 Å². The molecule has 12 heteroatoms. The largest absolute Gasteiger partial charge is 0.457 e. The Hall–Kier alpha value is -3.32. The summed E-state index contributed by atoms with van der Waals surface area (Å²) in [5, 5.41) is 17.5. The van der Waals surface area contributed by atoms with Crippen LogP contribution < -0.4 is 20.4 Å². The molecular weight excluding hydrogens is 470 g/mol. The minimum atomic E-state index is -4.69. The van der Waals surface area contributed by atoms with Crippen LogP contribution in [0.4, 0.5) is 26.3 Å². The van der Waals surface area contributed by atoms with Gasteiger partial charge in [-0.3, -0.25) is 0 Å². The van der Waals surface area contributed by atoms with E-state index in [0.29, 0.717) is 0 Å². The van der Waals surface area contributed by atoms with Crippen LogP contribution in [0, 0.1) is 0 Å². The Morgan fingerprint density at radius 2 is 0.971 bits per heavy atom. The molecular formula is C22H18F6N2O4. The molecule has 0 unspecified atom stereocenters. The van der Waals surface area contributed by atoms with Gasteiger partial charge >= 0.3 is 12.4 Å². The van der Waals surface area contributed by atoms with Crippen LogP contribution in [0.3, 0.4) is 0 Å². The highest BCUT2D eigenvalue weighted by Crippen LogP contribution is 2.38. The summed E-state index contributed by atoms with van der Waals surface area (Å²) < 4.78 is 90.8. The fourth-order valence-corrected chi connectivity index (χ4v) is 3.12. The molecule has 3 aromatic rings. The molecule has 34 heavy (non-hydrogen) atoms.